The van der Waals surface area contributed by atoms with Crippen molar-refractivity contribution in [3.63, 3.8) is 0 Å². The fourth-order valence-electron chi connectivity index (χ4n) is 4.31. The Labute approximate surface area is 175 Å². The lowest BCUT2D eigenvalue weighted by atomic mass is 9.59. The molecule has 3 unspecified atom stereocenters. The Bertz CT molecular complexity index is 673. The van der Waals surface area contributed by atoms with Gasteiger partial charge in [0.1, 0.15) is 5.60 Å². The minimum Gasteiger partial charge on any atom is -0.456 e. The predicted octanol–water partition coefficient (Wildman–Crippen LogP) is 4.75. The normalized spacial score (nSPS) is 28.3. The summed E-state index contributed by atoms with van der Waals surface area (Å²) in [6.45, 7) is 20.1. The number of carbonyl (C=O) groups is 2. The van der Waals surface area contributed by atoms with Crippen LogP contribution in [0, 0.1) is 17.3 Å². The van der Waals surface area contributed by atoms with Gasteiger partial charge in [0.25, 0.3) is 0 Å². The Balaban J connectivity index is 3.09. The number of esters is 2. The second kappa shape index (κ2) is 9.29. The monoisotopic (exact) mass is 406 g/mol. The van der Waals surface area contributed by atoms with E-state index in [2.05, 4.69) is 20.1 Å². The average molecular weight is 407 g/mol. The number of aliphatic hydroxyl groups is 1. The number of rotatable bonds is 8. The molecule has 1 N–H and O–H groups in total. The van der Waals surface area contributed by atoms with E-state index < -0.39 is 29.2 Å². The van der Waals surface area contributed by atoms with Gasteiger partial charge in [-0.2, -0.15) is 0 Å². The number of carbonyl (C=O) groups excluding carboxylic acids is 2. The van der Waals surface area contributed by atoms with Gasteiger partial charge in [-0.3, -0.25) is 9.59 Å². The zero-order valence-electron chi connectivity index (χ0n) is 19.1. The molecular weight excluding hydrogens is 368 g/mol. The Morgan fingerprint density at radius 3 is 2.24 bits per heavy atom. The van der Waals surface area contributed by atoms with Gasteiger partial charge >= 0.3 is 11.9 Å². The molecule has 5 atom stereocenters. The third-order valence-corrected chi connectivity index (χ3v) is 6.23. The van der Waals surface area contributed by atoms with Crippen molar-refractivity contribution in [3.05, 3.63) is 37.0 Å². The van der Waals surface area contributed by atoms with Crippen molar-refractivity contribution in [2.75, 3.05) is 0 Å². The molecule has 1 fully saturated rings. The quantitative estimate of drug-likeness (QED) is 0.465. The molecule has 5 nitrogen and oxygen atoms in total. The lowest BCUT2D eigenvalue weighted by molar-refractivity contribution is -0.173. The Hall–Kier alpha value is -1.88. The molecule has 0 saturated heterocycles. The van der Waals surface area contributed by atoms with Crippen molar-refractivity contribution >= 4 is 11.9 Å². The van der Waals surface area contributed by atoms with Gasteiger partial charge in [0, 0.05) is 13.8 Å². The van der Waals surface area contributed by atoms with Crippen LogP contribution in [-0.2, 0) is 19.1 Å². The largest absolute Gasteiger partial charge is 0.456 e. The van der Waals surface area contributed by atoms with Gasteiger partial charge in [-0.15, -0.1) is 6.58 Å². The Morgan fingerprint density at radius 2 is 1.79 bits per heavy atom. The maximum Gasteiger partial charge on any atom is 0.303 e. The molecular formula is C24H38O5. The van der Waals surface area contributed by atoms with E-state index in [0.717, 1.165) is 24.8 Å². The van der Waals surface area contributed by atoms with Crippen LogP contribution in [0.15, 0.2) is 37.0 Å². The summed E-state index contributed by atoms with van der Waals surface area (Å²) < 4.78 is 10.7. The lowest BCUT2D eigenvalue weighted by Gasteiger charge is -2.46. The highest BCUT2D eigenvalue weighted by Gasteiger charge is 2.43. The maximum atomic E-state index is 11.6. The number of allylic oxidation sites excluding steroid dienone is 2. The second-order valence-corrected chi connectivity index (χ2v) is 9.39. The predicted molar refractivity (Wildman–Crippen MR) is 115 cm³/mol. The molecule has 0 amide bonds. The summed E-state index contributed by atoms with van der Waals surface area (Å²) in [5, 5.41) is 11.2. The molecule has 0 spiro atoms. The molecule has 0 radical (unpaired) electrons. The molecule has 0 bridgehead atoms. The summed E-state index contributed by atoms with van der Waals surface area (Å²) in [4.78, 5) is 23.0. The van der Waals surface area contributed by atoms with Gasteiger partial charge < -0.3 is 14.6 Å². The smallest absolute Gasteiger partial charge is 0.303 e. The molecule has 1 aliphatic rings. The van der Waals surface area contributed by atoms with Crippen molar-refractivity contribution in [2.45, 2.75) is 85.0 Å². The van der Waals surface area contributed by atoms with Gasteiger partial charge in [-0.05, 0) is 70.3 Å². The van der Waals surface area contributed by atoms with E-state index in [1.807, 2.05) is 13.0 Å². The zero-order valence-corrected chi connectivity index (χ0v) is 19.1. The van der Waals surface area contributed by atoms with Crippen LogP contribution in [0.5, 0.6) is 0 Å². The molecule has 0 aromatic heterocycles. The fraction of sp³-hybridized carbons (Fsp3) is 0.667. The Morgan fingerprint density at radius 1 is 1.21 bits per heavy atom. The van der Waals surface area contributed by atoms with Crippen molar-refractivity contribution < 1.29 is 24.2 Å². The molecule has 0 aromatic rings. The van der Waals surface area contributed by atoms with Gasteiger partial charge in [0.15, 0.2) is 6.10 Å². The molecule has 29 heavy (non-hydrogen) atoms. The van der Waals surface area contributed by atoms with Crippen LogP contribution in [0.4, 0.5) is 0 Å². The minimum absolute atomic E-state index is 0.0169. The number of ether oxygens (including phenoxy) is 2. The van der Waals surface area contributed by atoms with Crippen LogP contribution >= 0.6 is 0 Å². The summed E-state index contributed by atoms with van der Waals surface area (Å²) >= 11 is 0. The molecule has 0 heterocycles. The third-order valence-electron chi connectivity index (χ3n) is 6.23. The van der Waals surface area contributed by atoms with Crippen molar-refractivity contribution in [1.82, 2.24) is 0 Å². The van der Waals surface area contributed by atoms with Gasteiger partial charge in [-0.25, -0.2) is 0 Å². The van der Waals surface area contributed by atoms with Crippen LogP contribution < -0.4 is 0 Å². The Kier molecular flexibility index (Phi) is 8.06. The number of hydrogen-bond acceptors (Lipinski definition) is 5. The van der Waals surface area contributed by atoms with E-state index >= 15 is 0 Å². The van der Waals surface area contributed by atoms with Crippen LogP contribution in [0.2, 0.25) is 0 Å². The first-order valence-corrected chi connectivity index (χ1v) is 10.2. The fourth-order valence-corrected chi connectivity index (χ4v) is 4.31. The highest BCUT2D eigenvalue weighted by Crippen LogP contribution is 2.50. The van der Waals surface area contributed by atoms with Crippen molar-refractivity contribution in [2.24, 2.45) is 17.3 Å². The van der Waals surface area contributed by atoms with Crippen molar-refractivity contribution in [3.8, 4) is 0 Å². The van der Waals surface area contributed by atoms with E-state index in [0.29, 0.717) is 0 Å². The molecule has 1 aliphatic carbocycles. The highest BCUT2D eigenvalue weighted by molar-refractivity contribution is 5.68. The summed E-state index contributed by atoms with van der Waals surface area (Å²) in [5.41, 5.74) is -1.11. The van der Waals surface area contributed by atoms with E-state index in [9.17, 15) is 14.7 Å². The van der Waals surface area contributed by atoms with E-state index in [-0.39, 0.29) is 17.3 Å². The number of hydrogen-bond donors (Lipinski definition) is 1. The van der Waals surface area contributed by atoms with Crippen LogP contribution in [-0.4, -0.2) is 34.4 Å². The zero-order chi connectivity index (χ0) is 22.6. The van der Waals surface area contributed by atoms with Crippen molar-refractivity contribution in [1.29, 1.82) is 0 Å². The molecule has 1 saturated carbocycles. The topological polar surface area (TPSA) is 72.8 Å². The van der Waals surface area contributed by atoms with E-state index in [1.54, 1.807) is 32.9 Å². The average Bonchev–Trinajstić information content (AvgIpc) is 2.56. The summed E-state index contributed by atoms with van der Waals surface area (Å²) in [6, 6.07) is 0. The van der Waals surface area contributed by atoms with Gasteiger partial charge in [0.05, 0.1) is 5.60 Å². The first kappa shape index (κ1) is 25.2. The standard InChI is InChI=1S/C24H38O5/c1-10-23(8)13-11-19(15-20(23)16(2)3)24(9,27)14-12-21(28-17(4)25)22(6,7)29-18(5)26/h10,12,14,19-21,27H,1-2,11,13,15H2,3-9H3/b14-12+/t19?,20?,21?,23-,24-/m0/s1. The first-order valence-electron chi connectivity index (χ1n) is 10.2. The lowest BCUT2D eigenvalue weighted by Crippen LogP contribution is -2.44. The summed E-state index contributed by atoms with van der Waals surface area (Å²) in [7, 11) is 0. The van der Waals surface area contributed by atoms with Crippen LogP contribution in [0.1, 0.15) is 67.7 Å². The molecule has 0 aliphatic heterocycles. The minimum atomic E-state index is -1.11. The van der Waals surface area contributed by atoms with Gasteiger partial charge in [-0.1, -0.05) is 31.2 Å². The summed E-state index contributed by atoms with van der Waals surface area (Å²) in [5.74, 6) is -0.697. The molecule has 164 valence electrons. The third kappa shape index (κ3) is 6.56. The van der Waals surface area contributed by atoms with Crippen LogP contribution in [0.3, 0.4) is 0 Å². The SMILES string of the molecule is C=C[C@@]1(C)CCC([C@@](C)(O)/C=C/C(OC(C)=O)C(C)(C)OC(C)=O)CC1C(=C)C. The van der Waals surface area contributed by atoms with Crippen LogP contribution in [0.25, 0.3) is 0 Å². The first-order chi connectivity index (χ1) is 13.1. The van der Waals surface area contributed by atoms with Gasteiger partial charge in [0.2, 0.25) is 0 Å². The van der Waals surface area contributed by atoms with E-state index in [1.165, 1.54) is 13.8 Å². The molecule has 0 aromatic carbocycles. The molecule has 5 heteroatoms. The molecule has 1 rings (SSSR count). The maximum absolute atomic E-state index is 11.6. The highest BCUT2D eigenvalue weighted by atomic mass is 16.6. The second-order valence-electron chi connectivity index (χ2n) is 9.39. The summed E-state index contributed by atoms with van der Waals surface area (Å²) in [6.07, 6.45) is 7.04. The van der Waals surface area contributed by atoms with E-state index in [4.69, 9.17) is 9.47 Å².